The van der Waals surface area contributed by atoms with Gasteiger partial charge < -0.3 is 19.2 Å². The molecule has 4 rings (SSSR count). The number of thiophene rings is 1. The topological polar surface area (TPSA) is 70.0 Å². The summed E-state index contributed by atoms with van der Waals surface area (Å²) >= 11 is 1.79. The van der Waals surface area contributed by atoms with Gasteiger partial charge in [0.05, 0.1) is 12.0 Å². The zero-order chi connectivity index (χ0) is 19.7. The van der Waals surface area contributed by atoms with Crippen molar-refractivity contribution in [2.24, 2.45) is 4.99 Å². The van der Waals surface area contributed by atoms with Crippen LogP contribution in [-0.4, -0.2) is 60.2 Å². The first kappa shape index (κ1) is 19.7. The highest BCUT2D eigenvalue weighted by molar-refractivity contribution is 7.09. The van der Waals surface area contributed by atoms with Crippen LogP contribution in [0.1, 0.15) is 16.3 Å². The molecule has 0 amide bonds. The molecule has 1 N–H and O–H groups in total. The maximum Gasteiger partial charge on any atom is 0.194 e. The number of guanidine groups is 1. The summed E-state index contributed by atoms with van der Waals surface area (Å²) in [5.41, 5.74) is 0.986. The molecular weight excluding hydrogens is 386 g/mol. The second-order valence-corrected chi connectivity index (χ2v) is 8.08. The Kier molecular flexibility index (Phi) is 6.98. The highest BCUT2D eigenvalue weighted by Gasteiger charge is 2.20. The van der Waals surface area contributed by atoms with E-state index in [1.165, 1.54) is 4.88 Å². The number of nitrogens with one attached hydrogen (secondary N) is 1. The summed E-state index contributed by atoms with van der Waals surface area (Å²) in [5, 5.41) is 9.68. The molecule has 0 saturated carbocycles. The van der Waals surface area contributed by atoms with Gasteiger partial charge in [0.15, 0.2) is 5.96 Å². The van der Waals surface area contributed by atoms with Crippen LogP contribution in [0, 0.1) is 0 Å². The molecule has 1 aliphatic rings. The summed E-state index contributed by atoms with van der Waals surface area (Å²) in [6.07, 6.45) is 5.18. The van der Waals surface area contributed by atoms with Crippen LogP contribution < -0.4 is 5.32 Å². The average Bonchev–Trinajstić information content (AvgIpc) is 3.52. The molecule has 4 heterocycles. The maximum atomic E-state index is 5.44. The van der Waals surface area contributed by atoms with E-state index in [-0.39, 0.29) is 0 Å². The molecule has 1 aliphatic heterocycles. The number of nitrogens with zero attached hydrogens (tertiary/aromatic N) is 4. The summed E-state index contributed by atoms with van der Waals surface area (Å²) in [5.74, 6) is 1.99. The molecule has 0 unspecified atom stereocenters. The standard InChI is InChI=1S/C21H27N5O2S/c1-3-19(27-14-1)5-8-22-21(23-9-6-20-4-2-16-29-20)26-12-10-25(11-13-26)17-18-7-15-28-24-18/h1-4,7,14-16H,5-6,8-13,17H2,(H,22,23). The third-order valence-electron chi connectivity index (χ3n) is 4.98. The Hall–Kier alpha value is -2.58. The van der Waals surface area contributed by atoms with E-state index >= 15 is 0 Å². The normalized spacial score (nSPS) is 15.7. The third kappa shape index (κ3) is 5.95. The Labute approximate surface area is 175 Å². The molecule has 3 aromatic heterocycles. The van der Waals surface area contributed by atoms with Crippen LogP contribution in [0.25, 0.3) is 0 Å². The van der Waals surface area contributed by atoms with E-state index in [1.807, 2.05) is 18.2 Å². The Morgan fingerprint density at radius 2 is 2.03 bits per heavy atom. The molecule has 3 aromatic rings. The minimum atomic E-state index is 0.794. The fraction of sp³-hybridized carbons (Fsp3) is 0.429. The van der Waals surface area contributed by atoms with Gasteiger partial charge in [-0.25, -0.2) is 0 Å². The van der Waals surface area contributed by atoms with Crippen LogP contribution in [0.3, 0.4) is 0 Å². The molecule has 1 saturated heterocycles. The van der Waals surface area contributed by atoms with Gasteiger partial charge in [-0.2, -0.15) is 0 Å². The minimum absolute atomic E-state index is 0.794. The molecule has 0 atom stereocenters. The quantitative estimate of drug-likeness (QED) is 0.452. The smallest absolute Gasteiger partial charge is 0.194 e. The summed E-state index contributed by atoms with van der Waals surface area (Å²) in [6, 6.07) is 10.1. The Bertz CT molecular complexity index is 838. The molecule has 0 spiro atoms. The number of hydrogen-bond donors (Lipinski definition) is 1. The number of hydrogen-bond acceptors (Lipinski definition) is 6. The average molecular weight is 414 g/mol. The molecule has 7 nitrogen and oxygen atoms in total. The molecular formula is C21H27N5O2S. The van der Waals surface area contributed by atoms with E-state index < -0.39 is 0 Å². The first-order valence-electron chi connectivity index (χ1n) is 10.1. The van der Waals surface area contributed by atoms with Crippen molar-refractivity contribution < 1.29 is 8.94 Å². The van der Waals surface area contributed by atoms with Crippen molar-refractivity contribution in [1.82, 2.24) is 20.3 Å². The Balaban J connectivity index is 1.31. The molecule has 0 radical (unpaired) electrons. The number of aromatic nitrogens is 1. The van der Waals surface area contributed by atoms with Crippen LogP contribution in [0.2, 0.25) is 0 Å². The first-order valence-corrected chi connectivity index (χ1v) is 10.9. The predicted molar refractivity (Wildman–Crippen MR) is 114 cm³/mol. The van der Waals surface area contributed by atoms with E-state index in [9.17, 15) is 0 Å². The second kappa shape index (κ2) is 10.3. The highest BCUT2D eigenvalue weighted by Crippen LogP contribution is 2.10. The van der Waals surface area contributed by atoms with Crippen molar-refractivity contribution in [3.05, 3.63) is 64.6 Å². The zero-order valence-corrected chi connectivity index (χ0v) is 17.3. The lowest BCUT2D eigenvalue weighted by Gasteiger charge is -2.36. The van der Waals surface area contributed by atoms with Gasteiger partial charge in [-0.15, -0.1) is 11.3 Å². The molecule has 29 heavy (non-hydrogen) atoms. The van der Waals surface area contributed by atoms with Gasteiger partial charge in [-0.05, 0) is 23.6 Å². The van der Waals surface area contributed by atoms with Crippen molar-refractivity contribution in [2.75, 3.05) is 39.3 Å². The van der Waals surface area contributed by atoms with Crippen LogP contribution in [-0.2, 0) is 19.4 Å². The van der Waals surface area contributed by atoms with Crippen molar-refractivity contribution in [2.45, 2.75) is 19.4 Å². The zero-order valence-electron chi connectivity index (χ0n) is 16.5. The van der Waals surface area contributed by atoms with Gasteiger partial charge in [-0.1, -0.05) is 11.2 Å². The van der Waals surface area contributed by atoms with Crippen molar-refractivity contribution in [1.29, 1.82) is 0 Å². The molecule has 1 fully saturated rings. The fourth-order valence-electron chi connectivity index (χ4n) is 3.41. The number of furan rings is 1. The lowest BCUT2D eigenvalue weighted by atomic mass is 10.3. The van der Waals surface area contributed by atoms with Crippen LogP contribution in [0.4, 0.5) is 0 Å². The van der Waals surface area contributed by atoms with Crippen LogP contribution >= 0.6 is 11.3 Å². The molecule has 154 valence electrons. The van der Waals surface area contributed by atoms with Gasteiger partial charge >= 0.3 is 0 Å². The largest absolute Gasteiger partial charge is 0.469 e. The van der Waals surface area contributed by atoms with Gasteiger partial charge in [0, 0.05) is 69.6 Å². The maximum absolute atomic E-state index is 5.44. The van der Waals surface area contributed by atoms with E-state index in [4.69, 9.17) is 13.9 Å². The van der Waals surface area contributed by atoms with Crippen molar-refractivity contribution in [3.8, 4) is 0 Å². The van der Waals surface area contributed by atoms with E-state index in [1.54, 1.807) is 23.9 Å². The van der Waals surface area contributed by atoms with E-state index in [0.717, 1.165) is 76.1 Å². The van der Waals surface area contributed by atoms with Crippen LogP contribution in [0.15, 0.2) is 62.2 Å². The third-order valence-corrected chi connectivity index (χ3v) is 5.92. The number of piperazine rings is 1. The fourth-order valence-corrected chi connectivity index (χ4v) is 4.11. The summed E-state index contributed by atoms with van der Waals surface area (Å²) in [6.45, 7) is 6.30. The summed E-state index contributed by atoms with van der Waals surface area (Å²) in [7, 11) is 0. The monoisotopic (exact) mass is 413 g/mol. The van der Waals surface area contributed by atoms with Crippen molar-refractivity contribution >= 4 is 17.3 Å². The molecule has 8 heteroatoms. The van der Waals surface area contributed by atoms with Gasteiger partial charge in [0.2, 0.25) is 0 Å². The molecule has 0 aliphatic carbocycles. The lowest BCUT2D eigenvalue weighted by Crippen LogP contribution is -2.52. The van der Waals surface area contributed by atoms with Gasteiger partial charge in [-0.3, -0.25) is 9.89 Å². The second-order valence-electron chi connectivity index (χ2n) is 7.04. The van der Waals surface area contributed by atoms with E-state index in [0.29, 0.717) is 0 Å². The lowest BCUT2D eigenvalue weighted by molar-refractivity contribution is 0.169. The van der Waals surface area contributed by atoms with Crippen LogP contribution in [0.5, 0.6) is 0 Å². The predicted octanol–water partition coefficient (Wildman–Crippen LogP) is 2.88. The number of rotatable bonds is 8. The van der Waals surface area contributed by atoms with Gasteiger partial charge in [0.1, 0.15) is 12.0 Å². The minimum Gasteiger partial charge on any atom is -0.469 e. The van der Waals surface area contributed by atoms with Crippen molar-refractivity contribution in [3.63, 3.8) is 0 Å². The SMILES string of the molecule is c1coc(CCNC(=NCCc2cccs2)N2CCN(Cc3ccon3)CC2)c1. The Morgan fingerprint density at radius 1 is 1.10 bits per heavy atom. The first-order chi connectivity index (χ1) is 14.4. The van der Waals surface area contributed by atoms with Gasteiger partial charge in [0.25, 0.3) is 0 Å². The molecule has 0 bridgehead atoms. The molecule has 0 aromatic carbocycles. The van der Waals surface area contributed by atoms with E-state index in [2.05, 4.69) is 37.8 Å². The summed E-state index contributed by atoms with van der Waals surface area (Å²) < 4.78 is 10.4. The Morgan fingerprint density at radius 3 is 2.76 bits per heavy atom. The summed E-state index contributed by atoms with van der Waals surface area (Å²) in [4.78, 5) is 11.0. The number of aliphatic imine (C=N–C) groups is 1. The highest BCUT2D eigenvalue weighted by atomic mass is 32.1.